The average molecular weight is 349 g/mol. The Hall–Kier alpha value is -2.96. The van der Waals surface area contributed by atoms with Crippen molar-refractivity contribution in [2.24, 2.45) is 0 Å². The highest BCUT2D eigenvalue weighted by atomic mass is 15.2. The highest BCUT2D eigenvalue weighted by molar-refractivity contribution is 5.87. The number of aromatic nitrogens is 4. The summed E-state index contributed by atoms with van der Waals surface area (Å²) in [7, 11) is 0. The molecule has 1 saturated heterocycles. The monoisotopic (exact) mass is 349 g/mol. The molecule has 0 bridgehead atoms. The van der Waals surface area contributed by atoms with Crippen LogP contribution in [0.4, 0.5) is 17.5 Å². The van der Waals surface area contributed by atoms with Gasteiger partial charge in [-0.1, -0.05) is 12.8 Å². The van der Waals surface area contributed by atoms with Gasteiger partial charge in [-0.3, -0.25) is 0 Å². The second-order valence-corrected chi connectivity index (χ2v) is 6.61. The molecule has 1 aliphatic heterocycles. The third kappa shape index (κ3) is 3.66. The number of hydrogen-bond acceptors (Lipinski definition) is 7. The molecule has 4 rings (SSSR count). The summed E-state index contributed by atoms with van der Waals surface area (Å²) in [5, 5.41) is 4.25. The van der Waals surface area contributed by atoms with Crippen molar-refractivity contribution in [2.75, 3.05) is 29.0 Å². The lowest BCUT2D eigenvalue weighted by Gasteiger charge is -2.21. The zero-order valence-electron chi connectivity index (χ0n) is 14.7. The maximum atomic E-state index is 5.73. The van der Waals surface area contributed by atoms with E-state index in [0.717, 1.165) is 30.1 Å². The van der Waals surface area contributed by atoms with E-state index in [1.807, 2.05) is 18.3 Å². The lowest BCUT2D eigenvalue weighted by Crippen LogP contribution is -2.25. The summed E-state index contributed by atoms with van der Waals surface area (Å²) in [5.74, 6) is 2.28. The van der Waals surface area contributed by atoms with Gasteiger partial charge in [0.1, 0.15) is 23.8 Å². The Balaban J connectivity index is 1.51. The Morgan fingerprint density at radius 2 is 1.85 bits per heavy atom. The number of nitrogens with two attached hydrogens (primary N) is 1. The van der Waals surface area contributed by atoms with Gasteiger partial charge in [-0.05, 0) is 42.7 Å². The molecule has 0 unspecified atom stereocenters. The molecule has 7 nitrogen and oxygen atoms in total. The van der Waals surface area contributed by atoms with Crippen molar-refractivity contribution in [3.8, 4) is 0 Å². The van der Waals surface area contributed by atoms with Gasteiger partial charge < -0.3 is 16.0 Å². The Bertz CT molecular complexity index is 888. The van der Waals surface area contributed by atoms with Crippen LogP contribution in [0.1, 0.15) is 31.2 Å². The van der Waals surface area contributed by atoms with E-state index in [2.05, 4.69) is 36.2 Å². The predicted octanol–water partition coefficient (Wildman–Crippen LogP) is 2.99. The van der Waals surface area contributed by atoms with Gasteiger partial charge in [0.25, 0.3) is 0 Å². The Kier molecular flexibility index (Phi) is 4.77. The standard InChI is InChI=1S/C19H23N7/c20-16-6-5-15-18(23-13-24-19(15)25-16)22-12-14-7-8-21-17(11-14)26-9-3-1-2-4-10-26/h5-8,11,13H,1-4,9-10,12H2,(H3,20,22,23,24,25). The molecule has 0 radical (unpaired) electrons. The predicted molar refractivity (Wildman–Crippen MR) is 104 cm³/mol. The Morgan fingerprint density at radius 3 is 2.69 bits per heavy atom. The van der Waals surface area contributed by atoms with Crippen molar-refractivity contribution in [1.82, 2.24) is 19.9 Å². The van der Waals surface area contributed by atoms with E-state index in [0.29, 0.717) is 18.0 Å². The van der Waals surface area contributed by atoms with Gasteiger partial charge >= 0.3 is 0 Å². The normalized spacial score (nSPS) is 15.0. The number of nitrogens with zero attached hydrogens (tertiary/aromatic N) is 5. The minimum Gasteiger partial charge on any atom is -0.384 e. The van der Waals surface area contributed by atoms with E-state index >= 15 is 0 Å². The molecule has 3 N–H and O–H groups in total. The first-order valence-corrected chi connectivity index (χ1v) is 9.10. The van der Waals surface area contributed by atoms with Crippen molar-refractivity contribution < 1.29 is 0 Å². The molecule has 26 heavy (non-hydrogen) atoms. The quantitative estimate of drug-likeness (QED) is 0.748. The molecule has 7 heteroatoms. The van der Waals surface area contributed by atoms with Gasteiger partial charge in [-0.25, -0.2) is 19.9 Å². The molecule has 0 spiro atoms. The fourth-order valence-electron chi connectivity index (χ4n) is 3.33. The summed E-state index contributed by atoms with van der Waals surface area (Å²) in [6.07, 6.45) is 8.51. The number of nitrogens with one attached hydrogen (secondary N) is 1. The summed E-state index contributed by atoms with van der Waals surface area (Å²) in [6, 6.07) is 7.86. The highest BCUT2D eigenvalue weighted by Crippen LogP contribution is 2.21. The Morgan fingerprint density at radius 1 is 1.00 bits per heavy atom. The van der Waals surface area contributed by atoms with Crippen LogP contribution in [0.25, 0.3) is 11.0 Å². The van der Waals surface area contributed by atoms with E-state index in [1.165, 1.54) is 37.6 Å². The molecular formula is C19H23N7. The van der Waals surface area contributed by atoms with Crippen LogP contribution in [0.2, 0.25) is 0 Å². The fourth-order valence-corrected chi connectivity index (χ4v) is 3.33. The molecule has 3 aromatic rings. The summed E-state index contributed by atoms with van der Waals surface area (Å²) >= 11 is 0. The first-order chi connectivity index (χ1) is 12.8. The maximum Gasteiger partial charge on any atom is 0.166 e. The molecule has 0 amide bonds. The zero-order chi connectivity index (χ0) is 17.8. The highest BCUT2D eigenvalue weighted by Gasteiger charge is 2.11. The van der Waals surface area contributed by atoms with Crippen LogP contribution in [0.5, 0.6) is 0 Å². The van der Waals surface area contributed by atoms with E-state index in [4.69, 9.17) is 5.73 Å². The molecule has 134 valence electrons. The van der Waals surface area contributed by atoms with Crippen molar-refractivity contribution >= 4 is 28.5 Å². The van der Waals surface area contributed by atoms with E-state index in [1.54, 1.807) is 6.07 Å². The average Bonchev–Trinajstić information content (AvgIpc) is 2.96. The van der Waals surface area contributed by atoms with Crippen LogP contribution >= 0.6 is 0 Å². The van der Waals surface area contributed by atoms with E-state index in [9.17, 15) is 0 Å². The lowest BCUT2D eigenvalue weighted by molar-refractivity contribution is 0.726. The van der Waals surface area contributed by atoms with Crippen molar-refractivity contribution in [3.63, 3.8) is 0 Å². The number of hydrogen-bond donors (Lipinski definition) is 2. The third-order valence-electron chi connectivity index (χ3n) is 4.72. The molecule has 0 aromatic carbocycles. The topological polar surface area (TPSA) is 92.8 Å². The summed E-state index contributed by atoms with van der Waals surface area (Å²) < 4.78 is 0. The minimum atomic E-state index is 0.457. The van der Waals surface area contributed by atoms with Crippen LogP contribution in [0.3, 0.4) is 0 Å². The van der Waals surface area contributed by atoms with Gasteiger partial charge in [-0.15, -0.1) is 0 Å². The molecular weight excluding hydrogens is 326 g/mol. The van der Waals surface area contributed by atoms with Gasteiger partial charge in [0.15, 0.2) is 5.65 Å². The maximum absolute atomic E-state index is 5.73. The molecule has 1 fully saturated rings. The second kappa shape index (κ2) is 7.51. The number of nitrogen functional groups attached to an aromatic ring is 1. The SMILES string of the molecule is Nc1ccc2c(NCc3ccnc(N4CCCCCC4)c3)ncnc2n1. The third-order valence-corrected chi connectivity index (χ3v) is 4.72. The minimum absolute atomic E-state index is 0.457. The van der Waals surface area contributed by atoms with Gasteiger partial charge in [-0.2, -0.15) is 0 Å². The van der Waals surface area contributed by atoms with Crippen LogP contribution in [-0.4, -0.2) is 33.0 Å². The van der Waals surface area contributed by atoms with Crippen molar-refractivity contribution in [3.05, 3.63) is 42.4 Å². The van der Waals surface area contributed by atoms with Gasteiger partial charge in [0.2, 0.25) is 0 Å². The van der Waals surface area contributed by atoms with Crippen LogP contribution in [-0.2, 0) is 6.54 Å². The number of pyridine rings is 2. The van der Waals surface area contributed by atoms with Crippen molar-refractivity contribution in [1.29, 1.82) is 0 Å². The number of rotatable bonds is 4. The molecule has 0 atom stereocenters. The summed E-state index contributed by atoms with van der Waals surface area (Å²) in [5.41, 5.74) is 7.51. The fraction of sp³-hybridized carbons (Fsp3) is 0.368. The summed E-state index contributed by atoms with van der Waals surface area (Å²) in [6.45, 7) is 2.85. The van der Waals surface area contributed by atoms with Crippen molar-refractivity contribution in [2.45, 2.75) is 32.2 Å². The van der Waals surface area contributed by atoms with Crippen LogP contribution in [0, 0.1) is 0 Å². The van der Waals surface area contributed by atoms with Crippen LogP contribution in [0.15, 0.2) is 36.8 Å². The second-order valence-electron chi connectivity index (χ2n) is 6.61. The first kappa shape index (κ1) is 16.5. The molecule has 4 heterocycles. The van der Waals surface area contributed by atoms with E-state index < -0.39 is 0 Å². The Labute approximate surface area is 152 Å². The lowest BCUT2D eigenvalue weighted by atomic mass is 10.2. The zero-order valence-corrected chi connectivity index (χ0v) is 14.7. The van der Waals surface area contributed by atoms with E-state index in [-0.39, 0.29) is 0 Å². The molecule has 0 aliphatic carbocycles. The first-order valence-electron chi connectivity index (χ1n) is 9.10. The van der Waals surface area contributed by atoms with Gasteiger partial charge in [0, 0.05) is 25.8 Å². The number of fused-ring (bicyclic) bond motifs is 1. The largest absolute Gasteiger partial charge is 0.384 e. The summed E-state index contributed by atoms with van der Waals surface area (Å²) in [4.78, 5) is 19.7. The molecule has 0 saturated carbocycles. The molecule has 1 aliphatic rings. The van der Waals surface area contributed by atoms with Crippen LogP contribution < -0.4 is 16.0 Å². The van der Waals surface area contributed by atoms with Gasteiger partial charge in [0.05, 0.1) is 5.39 Å². The smallest absolute Gasteiger partial charge is 0.166 e. The molecule has 3 aromatic heterocycles. The number of anilines is 3.